The van der Waals surface area contributed by atoms with E-state index in [0.29, 0.717) is 17.9 Å². The Morgan fingerprint density at radius 2 is 1.94 bits per heavy atom. The summed E-state index contributed by atoms with van der Waals surface area (Å²) in [5.41, 5.74) is 1.50. The molecule has 0 radical (unpaired) electrons. The highest BCUT2D eigenvalue weighted by Crippen LogP contribution is 2.43. The monoisotopic (exact) mass is 244 g/mol. The summed E-state index contributed by atoms with van der Waals surface area (Å²) in [5, 5.41) is 0. The average molecular weight is 244 g/mol. The summed E-state index contributed by atoms with van der Waals surface area (Å²) >= 11 is 0. The van der Waals surface area contributed by atoms with Crippen LogP contribution in [-0.2, 0) is 6.54 Å². The van der Waals surface area contributed by atoms with E-state index in [2.05, 4.69) is 15.5 Å². The number of nitrogens with zero attached hydrogens (tertiary/aromatic N) is 2. The summed E-state index contributed by atoms with van der Waals surface area (Å²) in [6, 6.07) is 6.55. The predicted molar refractivity (Wildman–Crippen MR) is 70.8 cm³/mol. The third kappa shape index (κ3) is 1.43. The van der Waals surface area contributed by atoms with Gasteiger partial charge in [-0.3, -0.25) is 9.69 Å². The second kappa shape index (κ2) is 3.95. The van der Waals surface area contributed by atoms with Crippen LogP contribution in [0, 0.1) is 5.92 Å². The second-order valence-electron chi connectivity index (χ2n) is 6.08. The summed E-state index contributed by atoms with van der Waals surface area (Å²) < 4.78 is 2.06. The molecule has 0 amide bonds. The molecule has 0 aliphatic carbocycles. The van der Waals surface area contributed by atoms with Crippen molar-refractivity contribution < 1.29 is 0 Å². The minimum atomic E-state index is 0.202. The Morgan fingerprint density at radius 3 is 2.83 bits per heavy atom. The maximum absolute atomic E-state index is 12.0. The normalized spacial score (nSPS) is 34.8. The zero-order valence-corrected chi connectivity index (χ0v) is 10.7. The molecule has 1 aromatic heterocycles. The molecular weight excluding hydrogens is 224 g/mol. The molecule has 0 bridgehead atoms. The third-order valence-electron chi connectivity index (χ3n) is 5.18. The number of pyridine rings is 1. The average Bonchev–Trinajstić information content (AvgIpc) is 2.41. The number of hydrogen-bond donors (Lipinski definition) is 0. The van der Waals surface area contributed by atoms with E-state index in [9.17, 15) is 4.79 Å². The molecule has 1 aromatic rings. The topological polar surface area (TPSA) is 25.2 Å². The predicted octanol–water partition coefficient (Wildman–Crippen LogP) is 1.82. The Labute approximate surface area is 107 Å². The van der Waals surface area contributed by atoms with Crippen molar-refractivity contribution in [3.8, 4) is 0 Å². The molecular formula is C15H20N2O. The zero-order valence-electron chi connectivity index (χ0n) is 10.7. The number of piperidine rings is 2. The van der Waals surface area contributed by atoms with Gasteiger partial charge in [-0.2, -0.15) is 0 Å². The van der Waals surface area contributed by atoms with Crippen molar-refractivity contribution in [2.45, 2.75) is 44.2 Å². The minimum Gasteiger partial charge on any atom is -0.312 e. The second-order valence-corrected chi connectivity index (χ2v) is 6.08. The van der Waals surface area contributed by atoms with Crippen molar-refractivity contribution in [2.24, 2.45) is 5.92 Å². The van der Waals surface area contributed by atoms with E-state index < -0.39 is 0 Å². The molecule has 0 spiro atoms. The number of fused-ring (bicyclic) bond motifs is 2. The molecule has 2 fully saturated rings. The van der Waals surface area contributed by atoms with Gasteiger partial charge in [-0.25, -0.2) is 0 Å². The molecule has 4 heterocycles. The van der Waals surface area contributed by atoms with Crippen molar-refractivity contribution in [2.75, 3.05) is 13.1 Å². The number of aromatic nitrogens is 1. The van der Waals surface area contributed by atoms with Gasteiger partial charge in [-0.05, 0) is 50.8 Å². The van der Waals surface area contributed by atoms with Crippen LogP contribution in [0.15, 0.2) is 23.0 Å². The fraction of sp³-hybridized carbons (Fsp3) is 0.667. The van der Waals surface area contributed by atoms with Gasteiger partial charge in [0.15, 0.2) is 0 Å². The molecule has 18 heavy (non-hydrogen) atoms. The molecule has 4 rings (SSSR count). The number of hydrogen-bond acceptors (Lipinski definition) is 2. The van der Waals surface area contributed by atoms with Gasteiger partial charge in [0.2, 0.25) is 0 Å². The van der Waals surface area contributed by atoms with E-state index in [4.69, 9.17) is 0 Å². The molecule has 3 aliphatic heterocycles. The van der Waals surface area contributed by atoms with E-state index in [1.807, 2.05) is 6.07 Å². The first-order chi connectivity index (χ1) is 8.84. The molecule has 0 saturated carbocycles. The van der Waals surface area contributed by atoms with Crippen LogP contribution in [0.25, 0.3) is 0 Å². The summed E-state index contributed by atoms with van der Waals surface area (Å²) in [4.78, 5) is 14.7. The van der Waals surface area contributed by atoms with Crippen LogP contribution in [0.1, 0.15) is 37.3 Å². The van der Waals surface area contributed by atoms with Crippen LogP contribution in [0.3, 0.4) is 0 Å². The fourth-order valence-corrected chi connectivity index (χ4v) is 4.52. The Morgan fingerprint density at radius 1 is 1.11 bits per heavy atom. The van der Waals surface area contributed by atoms with Gasteiger partial charge in [0, 0.05) is 30.3 Å². The summed E-state index contributed by atoms with van der Waals surface area (Å²) in [5.74, 6) is 1.31. The Hall–Kier alpha value is -1.09. The molecule has 0 unspecified atom stereocenters. The maximum Gasteiger partial charge on any atom is 0.250 e. The van der Waals surface area contributed by atoms with Crippen molar-refractivity contribution >= 4 is 0 Å². The molecule has 3 atom stereocenters. The summed E-state index contributed by atoms with van der Waals surface area (Å²) in [6.45, 7) is 3.50. The molecule has 3 aliphatic rings. The highest BCUT2D eigenvalue weighted by molar-refractivity contribution is 5.20. The Balaban J connectivity index is 1.84. The van der Waals surface area contributed by atoms with Crippen LogP contribution in [-0.4, -0.2) is 28.6 Å². The highest BCUT2D eigenvalue weighted by atomic mass is 16.1. The first kappa shape index (κ1) is 10.8. The van der Waals surface area contributed by atoms with E-state index in [-0.39, 0.29) is 5.56 Å². The SMILES string of the molecule is O=c1cccc2n1C[C@@H]1CCCN3CCC[C@@H]2[C@@H]13. The first-order valence-electron chi connectivity index (χ1n) is 7.28. The lowest BCUT2D eigenvalue weighted by atomic mass is 9.73. The highest BCUT2D eigenvalue weighted by Gasteiger charge is 2.43. The standard InChI is InChI=1S/C15H20N2O/c18-14-7-1-6-13-12-5-3-9-16-8-2-4-11(15(12)16)10-17(13)14/h1,6-7,11-12,15H,2-5,8-10H2/t11-,12-,15+/m0/s1. The summed E-state index contributed by atoms with van der Waals surface area (Å²) in [7, 11) is 0. The molecule has 3 nitrogen and oxygen atoms in total. The van der Waals surface area contributed by atoms with Gasteiger partial charge in [-0.1, -0.05) is 6.07 Å². The maximum atomic E-state index is 12.0. The van der Waals surface area contributed by atoms with E-state index >= 15 is 0 Å². The fourth-order valence-electron chi connectivity index (χ4n) is 4.52. The van der Waals surface area contributed by atoms with E-state index in [1.165, 1.54) is 44.5 Å². The largest absolute Gasteiger partial charge is 0.312 e. The molecule has 2 saturated heterocycles. The lowest BCUT2D eigenvalue weighted by Crippen LogP contribution is -2.56. The number of rotatable bonds is 0. The smallest absolute Gasteiger partial charge is 0.250 e. The molecule has 3 heteroatoms. The van der Waals surface area contributed by atoms with Crippen LogP contribution < -0.4 is 5.56 Å². The van der Waals surface area contributed by atoms with Gasteiger partial charge in [0.25, 0.3) is 5.56 Å². The van der Waals surface area contributed by atoms with Crippen LogP contribution in [0.5, 0.6) is 0 Å². The minimum absolute atomic E-state index is 0.202. The molecule has 96 valence electrons. The Kier molecular flexibility index (Phi) is 2.37. The summed E-state index contributed by atoms with van der Waals surface area (Å²) in [6.07, 6.45) is 5.17. The van der Waals surface area contributed by atoms with Crippen molar-refractivity contribution in [3.63, 3.8) is 0 Å². The van der Waals surface area contributed by atoms with Gasteiger partial charge < -0.3 is 4.57 Å². The van der Waals surface area contributed by atoms with Crippen LogP contribution in [0.4, 0.5) is 0 Å². The van der Waals surface area contributed by atoms with E-state index in [1.54, 1.807) is 6.07 Å². The van der Waals surface area contributed by atoms with Gasteiger partial charge in [-0.15, -0.1) is 0 Å². The van der Waals surface area contributed by atoms with Crippen molar-refractivity contribution in [3.05, 3.63) is 34.2 Å². The zero-order chi connectivity index (χ0) is 12.1. The van der Waals surface area contributed by atoms with Gasteiger partial charge in [0.1, 0.15) is 0 Å². The lowest BCUT2D eigenvalue weighted by molar-refractivity contribution is 0.0180. The van der Waals surface area contributed by atoms with Crippen molar-refractivity contribution in [1.29, 1.82) is 0 Å². The van der Waals surface area contributed by atoms with Crippen LogP contribution >= 0.6 is 0 Å². The van der Waals surface area contributed by atoms with Crippen LogP contribution in [0.2, 0.25) is 0 Å². The molecule has 0 aromatic carbocycles. The van der Waals surface area contributed by atoms with E-state index in [0.717, 1.165) is 6.54 Å². The molecule has 0 N–H and O–H groups in total. The lowest BCUT2D eigenvalue weighted by Gasteiger charge is -2.52. The quantitative estimate of drug-likeness (QED) is 0.695. The van der Waals surface area contributed by atoms with Gasteiger partial charge >= 0.3 is 0 Å². The Bertz CT molecular complexity index is 519. The third-order valence-corrected chi connectivity index (χ3v) is 5.18. The van der Waals surface area contributed by atoms with Crippen molar-refractivity contribution in [1.82, 2.24) is 9.47 Å². The first-order valence-corrected chi connectivity index (χ1v) is 7.28. The van der Waals surface area contributed by atoms with Gasteiger partial charge in [0.05, 0.1) is 0 Å².